The first-order chi connectivity index (χ1) is 13.5. The van der Waals surface area contributed by atoms with Crippen LogP contribution in [-0.4, -0.2) is 25.2 Å². The standard InChI is InChI=1S/C23H28BrN3O/c1-17(2)20-7-3-18(4-8-20)15-25-26-23(28)21-11-13-27(14-12-21)16-19-5-9-22(24)10-6-19/h3-10,15,17,21H,11-14,16H2,1-2H3,(H,26,28)/p+1/b25-15-. The van der Waals surface area contributed by atoms with Crippen molar-refractivity contribution in [2.45, 2.75) is 39.2 Å². The topological polar surface area (TPSA) is 45.9 Å². The molecule has 1 heterocycles. The van der Waals surface area contributed by atoms with E-state index < -0.39 is 0 Å². The Morgan fingerprint density at radius 1 is 1.14 bits per heavy atom. The highest BCUT2D eigenvalue weighted by Gasteiger charge is 2.27. The molecule has 2 aromatic rings. The summed E-state index contributed by atoms with van der Waals surface area (Å²) in [4.78, 5) is 13.9. The molecule has 0 unspecified atom stereocenters. The fourth-order valence-electron chi connectivity index (χ4n) is 3.58. The number of rotatable bonds is 6. The molecule has 0 spiro atoms. The second-order valence-electron chi connectivity index (χ2n) is 7.88. The van der Waals surface area contributed by atoms with Crippen molar-refractivity contribution in [3.8, 4) is 0 Å². The Hall–Kier alpha value is -1.98. The Morgan fingerprint density at radius 3 is 2.39 bits per heavy atom. The number of hydrogen-bond acceptors (Lipinski definition) is 2. The molecule has 1 fully saturated rings. The van der Waals surface area contributed by atoms with Crippen molar-refractivity contribution in [2.24, 2.45) is 11.0 Å². The molecule has 3 rings (SSSR count). The summed E-state index contributed by atoms with van der Waals surface area (Å²) in [5.74, 6) is 0.620. The van der Waals surface area contributed by atoms with Gasteiger partial charge in [-0.2, -0.15) is 5.10 Å². The first-order valence-electron chi connectivity index (χ1n) is 10.0. The average molecular weight is 443 g/mol. The molecule has 5 heteroatoms. The van der Waals surface area contributed by atoms with Crippen LogP contribution in [0.5, 0.6) is 0 Å². The molecule has 0 saturated carbocycles. The van der Waals surface area contributed by atoms with Crippen molar-refractivity contribution in [1.29, 1.82) is 0 Å². The molecule has 2 N–H and O–H groups in total. The molecule has 0 aliphatic carbocycles. The summed E-state index contributed by atoms with van der Waals surface area (Å²) in [6.45, 7) is 7.42. The molecule has 28 heavy (non-hydrogen) atoms. The Balaban J connectivity index is 1.42. The molecule has 0 aromatic heterocycles. The van der Waals surface area contributed by atoms with Gasteiger partial charge in [-0.3, -0.25) is 4.79 Å². The van der Waals surface area contributed by atoms with Crippen molar-refractivity contribution in [1.82, 2.24) is 5.43 Å². The van der Waals surface area contributed by atoms with Crippen molar-refractivity contribution in [3.63, 3.8) is 0 Å². The van der Waals surface area contributed by atoms with Crippen molar-refractivity contribution in [2.75, 3.05) is 13.1 Å². The van der Waals surface area contributed by atoms with Crippen LogP contribution >= 0.6 is 15.9 Å². The summed E-state index contributed by atoms with van der Waals surface area (Å²) < 4.78 is 1.11. The van der Waals surface area contributed by atoms with Gasteiger partial charge >= 0.3 is 0 Å². The lowest BCUT2D eigenvalue weighted by molar-refractivity contribution is -0.919. The van der Waals surface area contributed by atoms with Crippen LogP contribution in [0.3, 0.4) is 0 Å². The minimum absolute atomic E-state index is 0.0396. The van der Waals surface area contributed by atoms with Crippen LogP contribution in [0.25, 0.3) is 0 Å². The maximum Gasteiger partial charge on any atom is 0.243 e. The van der Waals surface area contributed by atoms with E-state index in [-0.39, 0.29) is 11.8 Å². The molecule has 4 nitrogen and oxygen atoms in total. The molecule has 0 bridgehead atoms. The van der Waals surface area contributed by atoms with Gasteiger partial charge in [-0.1, -0.05) is 66.2 Å². The zero-order chi connectivity index (χ0) is 19.9. The number of benzene rings is 2. The van der Waals surface area contributed by atoms with Crippen LogP contribution in [-0.2, 0) is 11.3 Å². The van der Waals surface area contributed by atoms with E-state index in [2.05, 4.69) is 76.7 Å². The van der Waals surface area contributed by atoms with Gasteiger partial charge in [0.1, 0.15) is 6.54 Å². The van der Waals surface area contributed by atoms with E-state index in [0.717, 1.165) is 42.5 Å². The Labute approximate surface area is 176 Å². The van der Waals surface area contributed by atoms with E-state index in [9.17, 15) is 4.79 Å². The number of halogens is 1. The number of carbonyl (C=O) groups excluding carboxylic acids is 1. The third-order valence-electron chi connectivity index (χ3n) is 5.42. The monoisotopic (exact) mass is 442 g/mol. The molecule has 1 aliphatic rings. The second kappa shape index (κ2) is 9.99. The minimum atomic E-state index is 0.0396. The van der Waals surface area contributed by atoms with Crippen molar-refractivity contribution in [3.05, 3.63) is 69.7 Å². The highest BCUT2D eigenvalue weighted by molar-refractivity contribution is 9.10. The van der Waals surface area contributed by atoms with Crippen LogP contribution in [0.1, 0.15) is 49.3 Å². The van der Waals surface area contributed by atoms with Gasteiger partial charge in [-0.25, -0.2) is 5.43 Å². The number of carbonyl (C=O) groups is 1. The van der Waals surface area contributed by atoms with Gasteiger partial charge in [0, 0.05) is 22.9 Å². The lowest BCUT2D eigenvalue weighted by atomic mass is 9.96. The van der Waals surface area contributed by atoms with E-state index in [4.69, 9.17) is 0 Å². The summed E-state index contributed by atoms with van der Waals surface area (Å²) >= 11 is 3.48. The van der Waals surface area contributed by atoms with Gasteiger partial charge in [0.2, 0.25) is 5.91 Å². The van der Waals surface area contributed by atoms with E-state index in [0.29, 0.717) is 5.92 Å². The lowest BCUT2D eigenvalue weighted by Gasteiger charge is -2.28. The van der Waals surface area contributed by atoms with Gasteiger partial charge < -0.3 is 4.90 Å². The number of quaternary nitrogens is 1. The van der Waals surface area contributed by atoms with E-state index in [1.165, 1.54) is 11.1 Å². The molecular formula is C23H29BrN3O+. The number of piperidine rings is 1. The summed E-state index contributed by atoms with van der Waals surface area (Å²) in [5, 5.41) is 4.15. The van der Waals surface area contributed by atoms with Crippen LogP contribution in [0.15, 0.2) is 58.1 Å². The van der Waals surface area contributed by atoms with Crippen LogP contribution in [0.2, 0.25) is 0 Å². The fraction of sp³-hybridized carbons (Fsp3) is 0.391. The maximum absolute atomic E-state index is 12.4. The number of nitrogens with zero attached hydrogens (tertiary/aromatic N) is 1. The Bertz CT molecular complexity index is 792. The smallest absolute Gasteiger partial charge is 0.243 e. The third-order valence-corrected chi connectivity index (χ3v) is 5.95. The zero-order valence-electron chi connectivity index (χ0n) is 16.6. The van der Waals surface area contributed by atoms with Crippen LogP contribution in [0.4, 0.5) is 0 Å². The number of nitrogens with one attached hydrogen (secondary N) is 2. The molecule has 0 radical (unpaired) electrons. The minimum Gasteiger partial charge on any atom is -0.331 e. The van der Waals surface area contributed by atoms with Gasteiger partial charge in [-0.05, 0) is 29.2 Å². The van der Waals surface area contributed by atoms with E-state index in [1.54, 1.807) is 11.1 Å². The van der Waals surface area contributed by atoms with Crippen LogP contribution in [0, 0.1) is 5.92 Å². The lowest BCUT2D eigenvalue weighted by Crippen LogP contribution is -3.11. The number of likely N-dealkylation sites (tertiary alicyclic amines) is 1. The highest BCUT2D eigenvalue weighted by atomic mass is 79.9. The SMILES string of the molecule is CC(C)c1ccc(/C=N\NC(=O)C2CC[NH+](Cc3ccc(Br)cc3)CC2)cc1. The predicted molar refractivity (Wildman–Crippen MR) is 118 cm³/mol. The van der Waals surface area contributed by atoms with Gasteiger partial charge in [0.15, 0.2) is 0 Å². The molecule has 1 aliphatic heterocycles. The second-order valence-corrected chi connectivity index (χ2v) is 8.80. The van der Waals surface area contributed by atoms with Crippen molar-refractivity contribution < 1.29 is 9.69 Å². The molecular weight excluding hydrogens is 414 g/mol. The summed E-state index contributed by atoms with van der Waals surface area (Å²) in [6.07, 6.45) is 3.54. The first-order valence-corrected chi connectivity index (χ1v) is 10.8. The quantitative estimate of drug-likeness (QED) is 0.521. The number of hydrogen-bond donors (Lipinski definition) is 2. The van der Waals surface area contributed by atoms with Gasteiger partial charge in [0.25, 0.3) is 0 Å². The molecule has 148 valence electrons. The molecule has 2 aromatic carbocycles. The number of amides is 1. The summed E-state index contributed by atoms with van der Waals surface area (Å²) in [5.41, 5.74) is 6.37. The number of hydrazone groups is 1. The maximum atomic E-state index is 12.4. The van der Waals surface area contributed by atoms with Gasteiger partial charge in [0.05, 0.1) is 25.2 Å². The summed E-state index contributed by atoms with van der Waals surface area (Å²) in [7, 11) is 0. The van der Waals surface area contributed by atoms with Crippen LogP contribution < -0.4 is 10.3 Å². The van der Waals surface area contributed by atoms with E-state index in [1.807, 2.05) is 12.1 Å². The third kappa shape index (κ3) is 6.01. The van der Waals surface area contributed by atoms with Crippen molar-refractivity contribution >= 4 is 28.1 Å². The van der Waals surface area contributed by atoms with E-state index >= 15 is 0 Å². The highest BCUT2D eigenvalue weighted by Crippen LogP contribution is 2.14. The van der Waals surface area contributed by atoms with Gasteiger partial charge in [-0.15, -0.1) is 0 Å². The predicted octanol–water partition coefficient (Wildman–Crippen LogP) is 3.52. The normalized spacial score (nSPS) is 19.9. The Morgan fingerprint density at radius 2 is 1.79 bits per heavy atom. The first kappa shape index (κ1) is 20.7. The zero-order valence-corrected chi connectivity index (χ0v) is 18.2. The fourth-order valence-corrected chi connectivity index (χ4v) is 3.85. The molecule has 0 atom stereocenters. The summed E-state index contributed by atoms with van der Waals surface area (Å²) in [6, 6.07) is 16.8. The Kier molecular flexibility index (Phi) is 7.40. The molecule has 1 saturated heterocycles. The largest absolute Gasteiger partial charge is 0.331 e. The molecule has 1 amide bonds. The average Bonchev–Trinajstić information content (AvgIpc) is 2.70.